The summed E-state index contributed by atoms with van der Waals surface area (Å²) in [5.74, 6) is -0.225. The maximum atomic E-state index is 10.8. The summed E-state index contributed by atoms with van der Waals surface area (Å²) in [6.07, 6.45) is 0. The first-order chi connectivity index (χ1) is 6.93. The number of benzene rings is 1. The van der Waals surface area contributed by atoms with E-state index < -0.39 is 0 Å². The second-order valence-corrected chi connectivity index (χ2v) is 4.48. The van der Waals surface area contributed by atoms with Gasteiger partial charge in [0, 0.05) is 12.3 Å². The Morgan fingerprint density at radius 2 is 1.93 bits per heavy atom. The molecule has 0 aliphatic heterocycles. The van der Waals surface area contributed by atoms with Gasteiger partial charge in [-0.1, -0.05) is 38.1 Å². The van der Waals surface area contributed by atoms with Crippen LogP contribution in [0.4, 0.5) is 0 Å². The minimum absolute atomic E-state index is 0.128. The topological polar surface area (TPSA) is 26.3 Å². The van der Waals surface area contributed by atoms with E-state index in [9.17, 15) is 4.79 Å². The predicted octanol–water partition coefficient (Wildman–Crippen LogP) is 2.84. The van der Waals surface area contributed by atoms with E-state index in [4.69, 9.17) is 4.74 Å². The molecule has 0 bridgehead atoms. The first kappa shape index (κ1) is 11.8. The lowest BCUT2D eigenvalue weighted by atomic mass is 9.83. The largest absolute Gasteiger partial charge is 0.465 e. The van der Waals surface area contributed by atoms with Crippen molar-refractivity contribution >= 4 is 5.97 Å². The van der Waals surface area contributed by atoms with E-state index in [2.05, 4.69) is 32.9 Å². The minimum atomic E-state index is -0.225. The summed E-state index contributed by atoms with van der Waals surface area (Å²) in [5.41, 5.74) is 2.33. The van der Waals surface area contributed by atoms with Crippen molar-refractivity contribution in [2.24, 2.45) is 0 Å². The van der Waals surface area contributed by atoms with Gasteiger partial charge in [-0.3, -0.25) is 4.79 Å². The number of carbonyl (C=O) groups excluding carboxylic acids is 1. The van der Waals surface area contributed by atoms with Crippen LogP contribution in [0.25, 0.3) is 0 Å². The van der Waals surface area contributed by atoms with Crippen molar-refractivity contribution in [3.8, 4) is 0 Å². The van der Waals surface area contributed by atoms with E-state index in [1.165, 1.54) is 18.1 Å². The molecular weight excluding hydrogens is 188 g/mol. The molecule has 1 rings (SSSR count). The van der Waals surface area contributed by atoms with Crippen LogP contribution in [0.15, 0.2) is 24.3 Å². The second-order valence-electron chi connectivity index (χ2n) is 4.48. The van der Waals surface area contributed by atoms with Gasteiger partial charge < -0.3 is 4.74 Å². The lowest BCUT2D eigenvalue weighted by Crippen LogP contribution is -2.26. The molecule has 15 heavy (non-hydrogen) atoms. The molecule has 0 atom stereocenters. The molecule has 0 N–H and O–H groups in total. The number of rotatable bonds is 3. The van der Waals surface area contributed by atoms with Gasteiger partial charge in [0.25, 0.3) is 0 Å². The Bertz CT molecular complexity index is 353. The average Bonchev–Trinajstić information content (AvgIpc) is 2.15. The fourth-order valence-corrected chi connectivity index (χ4v) is 1.69. The number of carbonyl (C=O) groups is 1. The highest BCUT2D eigenvalue weighted by atomic mass is 16.5. The fraction of sp³-hybridized carbons (Fsp3) is 0.462. The molecule has 2 heteroatoms. The maximum absolute atomic E-state index is 10.8. The molecular formula is C13H18O2. The first-order valence-electron chi connectivity index (χ1n) is 5.13. The molecule has 0 spiro atoms. The van der Waals surface area contributed by atoms with Crippen molar-refractivity contribution in [3.05, 3.63) is 35.4 Å². The number of esters is 1. The van der Waals surface area contributed by atoms with E-state index in [0.717, 1.165) is 0 Å². The van der Waals surface area contributed by atoms with Gasteiger partial charge in [0.05, 0.1) is 0 Å². The third kappa shape index (κ3) is 3.08. The Labute approximate surface area is 91.3 Å². The van der Waals surface area contributed by atoms with Crippen molar-refractivity contribution in [1.82, 2.24) is 0 Å². The second kappa shape index (κ2) is 4.47. The van der Waals surface area contributed by atoms with Crippen molar-refractivity contribution < 1.29 is 9.53 Å². The maximum Gasteiger partial charge on any atom is 0.302 e. The molecule has 0 fully saturated rings. The molecule has 0 saturated heterocycles. The zero-order chi connectivity index (χ0) is 11.5. The van der Waals surface area contributed by atoms with Crippen LogP contribution >= 0.6 is 0 Å². The van der Waals surface area contributed by atoms with Crippen LogP contribution in [-0.2, 0) is 14.9 Å². The van der Waals surface area contributed by atoms with Gasteiger partial charge in [-0.25, -0.2) is 0 Å². The summed E-state index contributed by atoms with van der Waals surface area (Å²) in [6.45, 7) is 8.10. The Hall–Kier alpha value is -1.31. The number of ether oxygens (including phenoxy) is 1. The molecule has 1 aromatic carbocycles. The van der Waals surface area contributed by atoms with Gasteiger partial charge in [0.15, 0.2) is 0 Å². The highest BCUT2D eigenvalue weighted by Crippen LogP contribution is 2.26. The lowest BCUT2D eigenvalue weighted by Gasteiger charge is -2.26. The SMILES string of the molecule is CC(=O)OCC(C)(C)c1ccccc1C. The molecule has 0 amide bonds. The lowest BCUT2D eigenvalue weighted by molar-refractivity contribution is -0.142. The van der Waals surface area contributed by atoms with Crippen LogP contribution in [0.2, 0.25) is 0 Å². The Morgan fingerprint density at radius 3 is 2.47 bits per heavy atom. The summed E-state index contributed by atoms with van der Waals surface area (Å²) in [6, 6.07) is 8.18. The van der Waals surface area contributed by atoms with E-state index in [1.54, 1.807) is 0 Å². The number of aryl methyl sites for hydroxylation is 1. The smallest absolute Gasteiger partial charge is 0.302 e. The highest BCUT2D eigenvalue weighted by molar-refractivity contribution is 5.66. The Morgan fingerprint density at radius 1 is 1.33 bits per heavy atom. The molecule has 0 saturated carbocycles. The molecule has 82 valence electrons. The highest BCUT2D eigenvalue weighted by Gasteiger charge is 2.23. The summed E-state index contributed by atoms with van der Waals surface area (Å²) < 4.78 is 5.08. The van der Waals surface area contributed by atoms with Crippen molar-refractivity contribution in [1.29, 1.82) is 0 Å². The van der Waals surface area contributed by atoms with Crippen LogP contribution in [0.1, 0.15) is 31.9 Å². The number of hydrogen-bond donors (Lipinski definition) is 0. The quantitative estimate of drug-likeness (QED) is 0.711. The van der Waals surface area contributed by atoms with Gasteiger partial charge in [-0.05, 0) is 18.1 Å². The zero-order valence-electron chi connectivity index (χ0n) is 9.83. The molecule has 0 heterocycles. The molecule has 0 unspecified atom stereocenters. The number of hydrogen-bond acceptors (Lipinski definition) is 2. The third-order valence-electron chi connectivity index (χ3n) is 2.51. The van der Waals surface area contributed by atoms with Crippen LogP contribution in [0, 0.1) is 6.92 Å². The van der Waals surface area contributed by atoms with Crippen LogP contribution in [0.3, 0.4) is 0 Å². The van der Waals surface area contributed by atoms with E-state index in [1.807, 2.05) is 12.1 Å². The van der Waals surface area contributed by atoms with E-state index in [-0.39, 0.29) is 11.4 Å². The van der Waals surface area contributed by atoms with E-state index in [0.29, 0.717) is 6.61 Å². The third-order valence-corrected chi connectivity index (χ3v) is 2.51. The minimum Gasteiger partial charge on any atom is -0.465 e. The van der Waals surface area contributed by atoms with Gasteiger partial charge in [0.1, 0.15) is 6.61 Å². The molecule has 1 aromatic rings. The monoisotopic (exact) mass is 206 g/mol. The molecule has 2 nitrogen and oxygen atoms in total. The van der Waals surface area contributed by atoms with Crippen molar-refractivity contribution in [2.45, 2.75) is 33.1 Å². The Kier molecular flexibility index (Phi) is 3.51. The van der Waals surface area contributed by atoms with Crippen molar-refractivity contribution in [3.63, 3.8) is 0 Å². The van der Waals surface area contributed by atoms with Gasteiger partial charge in [-0.15, -0.1) is 0 Å². The standard InChI is InChI=1S/C13H18O2/c1-10-7-5-6-8-12(10)13(3,4)9-15-11(2)14/h5-8H,9H2,1-4H3. The normalized spacial score (nSPS) is 11.2. The predicted molar refractivity (Wildman–Crippen MR) is 60.8 cm³/mol. The Balaban J connectivity index is 2.85. The summed E-state index contributed by atoms with van der Waals surface area (Å²) in [4.78, 5) is 10.8. The van der Waals surface area contributed by atoms with Gasteiger partial charge in [-0.2, -0.15) is 0 Å². The molecule has 0 radical (unpaired) electrons. The molecule has 0 aromatic heterocycles. The zero-order valence-corrected chi connectivity index (χ0v) is 9.83. The molecule has 0 aliphatic rings. The summed E-state index contributed by atoms with van der Waals surface area (Å²) in [5, 5.41) is 0. The van der Waals surface area contributed by atoms with Gasteiger partial charge in [0.2, 0.25) is 0 Å². The average molecular weight is 206 g/mol. The summed E-state index contributed by atoms with van der Waals surface area (Å²) >= 11 is 0. The van der Waals surface area contributed by atoms with E-state index >= 15 is 0 Å². The molecule has 0 aliphatic carbocycles. The summed E-state index contributed by atoms with van der Waals surface area (Å²) in [7, 11) is 0. The van der Waals surface area contributed by atoms with Crippen molar-refractivity contribution in [2.75, 3.05) is 6.61 Å². The van der Waals surface area contributed by atoms with Gasteiger partial charge >= 0.3 is 5.97 Å². The van der Waals surface area contributed by atoms with Crippen LogP contribution in [-0.4, -0.2) is 12.6 Å². The fourth-order valence-electron chi connectivity index (χ4n) is 1.69. The van der Waals surface area contributed by atoms with Crippen LogP contribution < -0.4 is 0 Å². The first-order valence-corrected chi connectivity index (χ1v) is 5.13. The van der Waals surface area contributed by atoms with Crippen LogP contribution in [0.5, 0.6) is 0 Å².